The van der Waals surface area contributed by atoms with Crippen molar-refractivity contribution >= 4 is 34.5 Å². The fourth-order valence-corrected chi connectivity index (χ4v) is 3.77. The molecule has 132 valence electrons. The number of thioether (sulfide) groups is 1. The van der Waals surface area contributed by atoms with Crippen LogP contribution in [0, 0.1) is 0 Å². The van der Waals surface area contributed by atoms with Crippen LogP contribution in [-0.2, 0) is 4.79 Å². The summed E-state index contributed by atoms with van der Waals surface area (Å²) in [6.45, 7) is 3.87. The second kappa shape index (κ2) is 6.84. The van der Waals surface area contributed by atoms with Crippen LogP contribution in [0.4, 0.5) is 0 Å². The largest absolute Gasteiger partial charge is 0.349 e. The highest BCUT2D eigenvalue weighted by Gasteiger charge is 2.21. The Bertz CT molecular complexity index is 1060. The highest BCUT2D eigenvalue weighted by Crippen LogP contribution is 2.26. The molecule has 7 heteroatoms. The van der Waals surface area contributed by atoms with Gasteiger partial charge in [0.25, 0.3) is 0 Å². The first-order valence-electron chi connectivity index (χ1n) is 8.47. The second-order valence-electron chi connectivity index (χ2n) is 6.17. The molecule has 1 amide bonds. The van der Waals surface area contributed by atoms with Crippen LogP contribution in [0.3, 0.4) is 0 Å². The van der Waals surface area contributed by atoms with E-state index < -0.39 is 0 Å². The van der Waals surface area contributed by atoms with Crippen LogP contribution in [0.25, 0.3) is 16.8 Å². The van der Waals surface area contributed by atoms with E-state index in [1.807, 2.05) is 72.8 Å². The van der Waals surface area contributed by atoms with E-state index in [-0.39, 0.29) is 17.2 Å². The molecule has 4 rings (SSSR count). The van der Waals surface area contributed by atoms with Crippen LogP contribution in [0.5, 0.6) is 0 Å². The average Bonchev–Trinajstić information content (AvgIpc) is 3.22. The van der Waals surface area contributed by atoms with E-state index in [0.717, 1.165) is 21.8 Å². The first-order chi connectivity index (χ1) is 12.6. The Labute approximate surface area is 155 Å². The first-order valence-corrected chi connectivity index (χ1v) is 9.35. The molecule has 2 aromatic carbocycles. The van der Waals surface area contributed by atoms with Gasteiger partial charge in [0.15, 0.2) is 5.16 Å². The third kappa shape index (κ3) is 3.06. The van der Waals surface area contributed by atoms with Crippen molar-refractivity contribution in [3.63, 3.8) is 0 Å². The number of carbonyl (C=O) groups excluding carboxylic acids is 1. The van der Waals surface area contributed by atoms with Gasteiger partial charge in [-0.2, -0.15) is 0 Å². The van der Waals surface area contributed by atoms with Gasteiger partial charge in [-0.1, -0.05) is 54.2 Å². The van der Waals surface area contributed by atoms with Crippen molar-refractivity contribution in [2.45, 2.75) is 30.3 Å². The summed E-state index contributed by atoms with van der Waals surface area (Å²) in [5.41, 5.74) is 2.96. The fraction of sp³-hybridized carbons (Fsp3) is 0.211. The zero-order valence-corrected chi connectivity index (χ0v) is 15.3. The van der Waals surface area contributed by atoms with Gasteiger partial charge in [0.05, 0.1) is 22.3 Å². The minimum Gasteiger partial charge on any atom is -0.349 e. The number of para-hydroxylation sites is 2. The number of rotatable bonds is 5. The maximum atomic E-state index is 12.6. The van der Waals surface area contributed by atoms with E-state index >= 15 is 0 Å². The van der Waals surface area contributed by atoms with Crippen LogP contribution in [0.2, 0.25) is 0 Å². The fourth-order valence-electron chi connectivity index (χ4n) is 2.89. The number of aromatic amines is 1. The Morgan fingerprint density at radius 2 is 1.85 bits per heavy atom. The number of hydrogen-bond acceptors (Lipinski definition) is 4. The Hall–Kier alpha value is -2.80. The lowest BCUT2D eigenvalue weighted by molar-refractivity contribution is -0.120. The summed E-state index contributed by atoms with van der Waals surface area (Å²) in [6.07, 6.45) is 0. The maximum Gasteiger partial charge on any atom is 0.233 e. The maximum absolute atomic E-state index is 12.6. The van der Waals surface area contributed by atoms with Gasteiger partial charge in [-0.05, 0) is 31.5 Å². The van der Waals surface area contributed by atoms with Crippen molar-refractivity contribution in [3.05, 3.63) is 60.2 Å². The monoisotopic (exact) mass is 365 g/mol. The number of amides is 1. The molecule has 2 N–H and O–H groups in total. The third-order valence-electron chi connectivity index (χ3n) is 4.31. The van der Waals surface area contributed by atoms with Crippen LogP contribution >= 0.6 is 11.8 Å². The minimum atomic E-state index is -0.283. The molecule has 0 spiro atoms. The van der Waals surface area contributed by atoms with Crippen molar-refractivity contribution < 1.29 is 4.79 Å². The normalized spacial score (nSPS) is 13.8. The topological polar surface area (TPSA) is 75.1 Å². The van der Waals surface area contributed by atoms with E-state index in [1.165, 1.54) is 11.8 Å². The number of fused-ring (bicyclic) bond motifs is 3. The molecule has 0 radical (unpaired) electrons. The molecule has 0 saturated heterocycles. The molecule has 0 bridgehead atoms. The van der Waals surface area contributed by atoms with Gasteiger partial charge in [0.2, 0.25) is 11.7 Å². The number of nitrogens with one attached hydrogen (secondary N) is 2. The Kier molecular flexibility index (Phi) is 4.38. The molecular formula is C19H19N5OS. The van der Waals surface area contributed by atoms with Gasteiger partial charge in [0.1, 0.15) is 0 Å². The third-order valence-corrected chi connectivity index (χ3v) is 5.37. The molecule has 4 aromatic rings. The molecule has 26 heavy (non-hydrogen) atoms. The zero-order chi connectivity index (χ0) is 18.1. The lowest BCUT2D eigenvalue weighted by Gasteiger charge is -2.17. The smallest absolute Gasteiger partial charge is 0.233 e. The number of H-pyrrole nitrogens is 1. The molecule has 2 heterocycles. The van der Waals surface area contributed by atoms with Crippen molar-refractivity contribution in [3.8, 4) is 0 Å². The number of aromatic nitrogens is 4. The van der Waals surface area contributed by atoms with E-state index in [4.69, 9.17) is 0 Å². The molecule has 0 saturated carbocycles. The van der Waals surface area contributed by atoms with E-state index in [2.05, 4.69) is 20.5 Å². The van der Waals surface area contributed by atoms with Crippen LogP contribution < -0.4 is 5.32 Å². The SMILES string of the molecule is C[C@H](Sc1n[nH]c2nc3ccccc3n12)C(=O)N[C@H](C)c1ccccc1. The summed E-state index contributed by atoms with van der Waals surface area (Å²) in [5.74, 6) is 0.658. The van der Waals surface area contributed by atoms with Crippen molar-refractivity contribution in [2.24, 2.45) is 0 Å². The van der Waals surface area contributed by atoms with Gasteiger partial charge >= 0.3 is 0 Å². The van der Waals surface area contributed by atoms with Gasteiger partial charge in [-0.25, -0.2) is 10.1 Å². The summed E-state index contributed by atoms with van der Waals surface area (Å²) in [5, 5.41) is 10.8. The highest BCUT2D eigenvalue weighted by molar-refractivity contribution is 8.00. The predicted molar refractivity (Wildman–Crippen MR) is 103 cm³/mol. The van der Waals surface area contributed by atoms with E-state index in [1.54, 1.807) is 0 Å². The second-order valence-corrected chi connectivity index (χ2v) is 7.47. The van der Waals surface area contributed by atoms with Crippen LogP contribution in [0.1, 0.15) is 25.5 Å². The molecule has 6 nitrogen and oxygen atoms in total. The molecule has 0 fully saturated rings. The number of nitrogens with zero attached hydrogens (tertiary/aromatic N) is 3. The lowest BCUT2D eigenvalue weighted by atomic mass is 10.1. The molecule has 2 aromatic heterocycles. The van der Waals surface area contributed by atoms with Gasteiger partial charge in [0, 0.05) is 0 Å². The van der Waals surface area contributed by atoms with Crippen molar-refractivity contribution in [2.75, 3.05) is 0 Å². The molecule has 0 aliphatic rings. The summed E-state index contributed by atoms with van der Waals surface area (Å²) >= 11 is 1.41. The van der Waals surface area contributed by atoms with Crippen molar-refractivity contribution in [1.82, 2.24) is 24.9 Å². The average molecular weight is 365 g/mol. The van der Waals surface area contributed by atoms with Crippen LogP contribution in [0.15, 0.2) is 59.8 Å². The van der Waals surface area contributed by atoms with Crippen LogP contribution in [-0.4, -0.2) is 30.7 Å². The number of imidazole rings is 1. The van der Waals surface area contributed by atoms with E-state index in [0.29, 0.717) is 5.78 Å². The lowest BCUT2D eigenvalue weighted by Crippen LogP contribution is -2.33. The summed E-state index contributed by atoms with van der Waals surface area (Å²) < 4.78 is 1.95. The number of carbonyl (C=O) groups is 1. The van der Waals surface area contributed by atoms with Gasteiger partial charge in [-0.3, -0.25) is 9.20 Å². The Balaban J connectivity index is 1.52. The standard InChI is InChI=1S/C19H19N5OS/c1-12(14-8-4-3-5-9-14)20-17(25)13(2)26-19-23-22-18-21-15-10-6-7-11-16(15)24(18)19/h3-13H,1-2H3,(H,20,25)(H,21,22)/t12-,13+/m1/s1. The molecule has 2 atom stereocenters. The summed E-state index contributed by atoms with van der Waals surface area (Å²) in [6, 6.07) is 17.8. The van der Waals surface area contributed by atoms with Gasteiger partial charge in [-0.15, -0.1) is 5.10 Å². The molecule has 0 aliphatic heterocycles. The summed E-state index contributed by atoms with van der Waals surface area (Å²) in [7, 11) is 0. The Morgan fingerprint density at radius 3 is 2.65 bits per heavy atom. The first kappa shape index (κ1) is 16.7. The van der Waals surface area contributed by atoms with E-state index in [9.17, 15) is 4.79 Å². The molecule has 0 unspecified atom stereocenters. The quantitative estimate of drug-likeness (QED) is 0.530. The minimum absolute atomic E-state index is 0.0214. The Morgan fingerprint density at radius 1 is 1.12 bits per heavy atom. The highest BCUT2D eigenvalue weighted by atomic mass is 32.2. The van der Waals surface area contributed by atoms with Gasteiger partial charge < -0.3 is 5.32 Å². The van der Waals surface area contributed by atoms with Crippen molar-refractivity contribution in [1.29, 1.82) is 0 Å². The number of benzene rings is 2. The molecular weight excluding hydrogens is 346 g/mol. The number of hydrogen-bond donors (Lipinski definition) is 2. The molecule has 0 aliphatic carbocycles. The predicted octanol–water partition coefficient (Wildman–Crippen LogP) is 3.57. The summed E-state index contributed by atoms with van der Waals surface area (Å²) in [4.78, 5) is 17.1. The zero-order valence-electron chi connectivity index (χ0n) is 14.5.